The monoisotopic (exact) mass is 405 g/mol. The van der Waals surface area contributed by atoms with Crippen LogP contribution in [0.4, 0.5) is 18.9 Å². The summed E-state index contributed by atoms with van der Waals surface area (Å²) in [6.45, 7) is 2.51. The van der Waals surface area contributed by atoms with E-state index in [0.717, 1.165) is 10.1 Å². The molecule has 1 amide bonds. The lowest BCUT2D eigenvalue weighted by molar-refractivity contribution is -0.156. The molecule has 0 bridgehead atoms. The van der Waals surface area contributed by atoms with E-state index in [9.17, 15) is 22.8 Å². The van der Waals surface area contributed by atoms with Crippen LogP contribution < -0.4 is 5.32 Å². The molecule has 0 saturated carbocycles. The molecule has 3 aromatic rings. The number of esters is 1. The highest BCUT2D eigenvalue weighted by atomic mass is 19.4. The Balaban J connectivity index is 1.72. The molecule has 0 spiro atoms. The first kappa shape index (κ1) is 20.4. The molecule has 0 saturated heterocycles. The van der Waals surface area contributed by atoms with Crippen molar-refractivity contribution >= 4 is 28.6 Å². The standard InChI is InChI=1S/C20H18F3N3O3/c1-12-7-9-14(10-8-12)24-18(28)13(2)29-17(27)11-26-16-6-4-3-5-15(16)25-19(26)20(21,22)23/h3-10,13H,11H2,1-2H3,(H,24,28). The summed E-state index contributed by atoms with van der Waals surface area (Å²) < 4.78 is 45.7. The fraction of sp³-hybridized carbons (Fsp3) is 0.250. The number of fused-ring (bicyclic) bond motifs is 1. The van der Waals surface area contributed by atoms with Gasteiger partial charge in [-0.1, -0.05) is 29.8 Å². The molecule has 0 fully saturated rings. The molecule has 0 aliphatic carbocycles. The molecule has 29 heavy (non-hydrogen) atoms. The van der Waals surface area contributed by atoms with Crippen molar-refractivity contribution in [2.45, 2.75) is 32.7 Å². The molecule has 0 aliphatic heterocycles. The van der Waals surface area contributed by atoms with Gasteiger partial charge in [-0.3, -0.25) is 9.59 Å². The molecular formula is C20H18F3N3O3. The average Bonchev–Trinajstić information content (AvgIpc) is 3.02. The highest BCUT2D eigenvalue weighted by molar-refractivity contribution is 5.95. The van der Waals surface area contributed by atoms with E-state index in [2.05, 4.69) is 10.3 Å². The number of para-hydroxylation sites is 2. The normalized spacial score (nSPS) is 12.6. The van der Waals surface area contributed by atoms with E-state index in [1.54, 1.807) is 36.4 Å². The van der Waals surface area contributed by atoms with Crippen LogP contribution in [0.25, 0.3) is 11.0 Å². The van der Waals surface area contributed by atoms with Crippen LogP contribution in [0.1, 0.15) is 18.3 Å². The fourth-order valence-electron chi connectivity index (χ4n) is 2.75. The minimum atomic E-state index is -4.74. The van der Waals surface area contributed by atoms with Crippen LogP contribution >= 0.6 is 0 Å². The number of anilines is 1. The summed E-state index contributed by atoms with van der Waals surface area (Å²) in [4.78, 5) is 28.0. The maximum atomic E-state index is 13.3. The minimum absolute atomic E-state index is 0.109. The Hall–Kier alpha value is -3.36. The third-order valence-electron chi connectivity index (χ3n) is 4.19. The van der Waals surface area contributed by atoms with Crippen molar-refractivity contribution in [3.8, 4) is 0 Å². The average molecular weight is 405 g/mol. The van der Waals surface area contributed by atoms with E-state index >= 15 is 0 Å². The Morgan fingerprint density at radius 1 is 1.14 bits per heavy atom. The van der Waals surface area contributed by atoms with Crippen molar-refractivity contribution in [3.63, 3.8) is 0 Å². The smallest absolute Gasteiger partial charge is 0.449 e. The summed E-state index contributed by atoms with van der Waals surface area (Å²) in [6, 6.07) is 12.9. The summed E-state index contributed by atoms with van der Waals surface area (Å²) in [7, 11) is 0. The molecule has 0 aliphatic rings. The quantitative estimate of drug-likeness (QED) is 0.653. The number of alkyl halides is 3. The van der Waals surface area contributed by atoms with Gasteiger partial charge in [-0.2, -0.15) is 13.2 Å². The second-order valence-corrected chi connectivity index (χ2v) is 6.50. The van der Waals surface area contributed by atoms with Gasteiger partial charge in [-0.05, 0) is 38.1 Å². The Morgan fingerprint density at radius 2 is 1.79 bits per heavy atom. The molecule has 1 aromatic heterocycles. The minimum Gasteiger partial charge on any atom is -0.451 e. The third-order valence-corrected chi connectivity index (χ3v) is 4.19. The van der Waals surface area contributed by atoms with Crippen LogP contribution in [0.2, 0.25) is 0 Å². The number of aromatic nitrogens is 2. The second-order valence-electron chi connectivity index (χ2n) is 6.50. The lowest BCUT2D eigenvalue weighted by Gasteiger charge is -2.15. The number of nitrogens with zero attached hydrogens (tertiary/aromatic N) is 2. The van der Waals surface area contributed by atoms with Gasteiger partial charge in [-0.25, -0.2) is 4.98 Å². The van der Waals surface area contributed by atoms with Gasteiger partial charge in [-0.15, -0.1) is 0 Å². The van der Waals surface area contributed by atoms with E-state index < -0.39 is 36.5 Å². The summed E-state index contributed by atoms with van der Waals surface area (Å²) in [5, 5.41) is 2.58. The predicted octanol–water partition coefficient (Wildman–Crippen LogP) is 3.93. The van der Waals surface area contributed by atoms with E-state index in [1.165, 1.54) is 19.1 Å². The first-order valence-corrected chi connectivity index (χ1v) is 8.74. The third kappa shape index (κ3) is 4.74. The Kier molecular flexibility index (Phi) is 5.58. The molecule has 9 heteroatoms. The maximum Gasteiger partial charge on any atom is 0.449 e. The zero-order valence-corrected chi connectivity index (χ0v) is 15.7. The summed E-state index contributed by atoms with van der Waals surface area (Å²) in [5.74, 6) is -2.77. The summed E-state index contributed by atoms with van der Waals surface area (Å²) in [6.07, 6.45) is -5.93. The van der Waals surface area contributed by atoms with Crippen molar-refractivity contribution in [3.05, 3.63) is 59.9 Å². The number of benzene rings is 2. The Morgan fingerprint density at radius 3 is 2.45 bits per heavy atom. The predicted molar refractivity (Wildman–Crippen MR) is 100 cm³/mol. The molecule has 1 unspecified atom stereocenters. The molecule has 0 radical (unpaired) electrons. The topological polar surface area (TPSA) is 73.2 Å². The number of aryl methyl sites for hydroxylation is 1. The lowest BCUT2D eigenvalue weighted by Crippen LogP contribution is -2.31. The summed E-state index contributed by atoms with van der Waals surface area (Å²) in [5.41, 5.74) is 1.78. The molecule has 1 N–H and O–H groups in total. The van der Waals surface area contributed by atoms with Crippen LogP contribution in [-0.4, -0.2) is 27.5 Å². The van der Waals surface area contributed by atoms with Gasteiger partial charge in [0.1, 0.15) is 6.54 Å². The highest BCUT2D eigenvalue weighted by Gasteiger charge is 2.38. The Labute approximate surface area is 164 Å². The van der Waals surface area contributed by atoms with Gasteiger partial charge in [0.05, 0.1) is 11.0 Å². The van der Waals surface area contributed by atoms with Gasteiger partial charge in [0, 0.05) is 5.69 Å². The molecule has 1 atom stereocenters. The molecule has 2 aromatic carbocycles. The van der Waals surface area contributed by atoms with Crippen LogP contribution in [-0.2, 0) is 27.0 Å². The van der Waals surface area contributed by atoms with Crippen molar-refractivity contribution < 1.29 is 27.5 Å². The number of hydrogen-bond donors (Lipinski definition) is 1. The van der Waals surface area contributed by atoms with Crippen LogP contribution in [0.5, 0.6) is 0 Å². The van der Waals surface area contributed by atoms with Crippen molar-refractivity contribution in [1.82, 2.24) is 9.55 Å². The van der Waals surface area contributed by atoms with E-state index in [0.29, 0.717) is 5.69 Å². The fourth-order valence-corrected chi connectivity index (χ4v) is 2.75. The van der Waals surface area contributed by atoms with E-state index in [-0.39, 0.29) is 11.0 Å². The number of carbonyl (C=O) groups excluding carboxylic acids is 2. The van der Waals surface area contributed by atoms with Gasteiger partial charge >= 0.3 is 12.1 Å². The first-order valence-electron chi connectivity index (χ1n) is 8.74. The zero-order chi connectivity index (χ0) is 21.2. The number of nitrogens with one attached hydrogen (secondary N) is 1. The van der Waals surface area contributed by atoms with Gasteiger partial charge in [0.25, 0.3) is 5.91 Å². The second kappa shape index (κ2) is 7.94. The van der Waals surface area contributed by atoms with Crippen LogP contribution in [0.15, 0.2) is 48.5 Å². The number of halogens is 3. The zero-order valence-electron chi connectivity index (χ0n) is 15.7. The largest absolute Gasteiger partial charge is 0.451 e. The first-order chi connectivity index (χ1) is 13.6. The van der Waals surface area contributed by atoms with Crippen LogP contribution in [0.3, 0.4) is 0 Å². The van der Waals surface area contributed by atoms with Crippen molar-refractivity contribution in [2.75, 3.05) is 5.32 Å². The number of amides is 1. The van der Waals surface area contributed by atoms with E-state index in [4.69, 9.17) is 4.74 Å². The molecule has 152 valence electrons. The molecule has 6 nitrogen and oxygen atoms in total. The number of rotatable bonds is 5. The molecular weight excluding hydrogens is 387 g/mol. The lowest BCUT2D eigenvalue weighted by atomic mass is 10.2. The van der Waals surface area contributed by atoms with Crippen molar-refractivity contribution in [1.29, 1.82) is 0 Å². The van der Waals surface area contributed by atoms with Crippen molar-refractivity contribution in [2.24, 2.45) is 0 Å². The SMILES string of the molecule is Cc1ccc(NC(=O)C(C)OC(=O)Cn2c(C(F)(F)F)nc3ccccc32)cc1. The van der Waals surface area contributed by atoms with E-state index in [1.807, 2.05) is 6.92 Å². The molecule has 1 heterocycles. The van der Waals surface area contributed by atoms with Gasteiger partial charge in [0.2, 0.25) is 5.82 Å². The summed E-state index contributed by atoms with van der Waals surface area (Å²) >= 11 is 0. The van der Waals surface area contributed by atoms with Gasteiger partial charge in [0.15, 0.2) is 6.10 Å². The maximum absolute atomic E-state index is 13.3. The number of hydrogen-bond acceptors (Lipinski definition) is 4. The highest BCUT2D eigenvalue weighted by Crippen LogP contribution is 2.31. The Bertz CT molecular complexity index is 1040. The van der Waals surface area contributed by atoms with Crippen LogP contribution in [0, 0.1) is 6.92 Å². The molecule has 3 rings (SSSR count). The number of ether oxygens (including phenoxy) is 1. The van der Waals surface area contributed by atoms with Gasteiger partial charge < -0.3 is 14.6 Å². The number of imidazole rings is 1. The number of carbonyl (C=O) groups is 2.